The average molecular weight is 293 g/mol. The summed E-state index contributed by atoms with van der Waals surface area (Å²) in [6.45, 7) is 9.95. The lowest BCUT2D eigenvalue weighted by Gasteiger charge is -2.25. The van der Waals surface area contributed by atoms with Crippen molar-refractivity contribution in [3.8, 4) is 0 Å². The van der Waals surface area contributed by atoms with Gasteiger partial charge in [0, 0.05) is 39.0 Å². The van der Waals surface area contributed by atoms with E-state index in [4.69, 9.17) is 9.47 Å². The van der Waals surface area contributed by atoms with Crippen molar-refractivity contribution in [3.05, 3.63) is 35.9 Å². The second-order valence-electron chi connectivity index (χ2n) is 6.49. The van der Waals surface area contributed by atoms with Gasteiger partial charge in [0.15, 0.2) is 0 Å². The van der Waals surface area contributed by atoms with Crippen LogP contribution in [0.1, 0.15) is 45.1 Å². The van der Waals surface area contributed by atoms with Gasteiger partial charge >= 0.3 is 0 Å². The van der Waals surface area contributed by atoms with Crippen LogP contribution in [-0.4, -0.2) is 39.0 Å². The molecule has 0 aliphatic heterocycles. The minimum Gasteiger partial charge on any atom is -0.385 e. The Bertz CT molecular complexity index is 359. The third-order valence-corrected chi connectivity index (χ3v) is 3.40. The SMILES string of the molecule is COCCCOCCC(CNC(C)(C)C)c1ccccc1. The minimum absolute atomic E-state index is 0.145. The molecule has 1 aromatic rings. The highest BCUT2D eigenvalue weighted by molar-refractivity contribution is 5.20. The second kappa shape index (κ2) is 9.93. The Labute approximate surface area is 130 Å². The maximum atomic E-state index is 5.71. The third-order valence-electron chi connectivity index (χ3n) is 3.40. The molecule has 0 aliphatic carbocycles. The molecular weight excluding hydrogens is 262 g/mol. The summed E-state index contributed by atoms with van der Waals surface area (Å²) in [6.07, 6.45) is 2.01. The minimum atomic E-state index is 0.145. The number of nitrogens with one attached hydrogen (secondary N) is 1. The fourth-order valence-corrected chi connectivity index (χ4v) is 2.17. The zero-order valence-corrected chi connectivity index (χ0v) is 14.0. The summed E-state index contributed by atoms with van der Waals surface area (Å²) < 4.78 is 10.7. The summed E-state index contributed by atoms with van der Waals surface area (Å²) in [5.74, 6) is 0.493. The molecule has 1 atom stereocenters. The normalized spacial score (nSPS) is 13.3. The van der Waals surface area contributed by atoms with Crippen LogP contribution >= 0.6 is 0 Å². The van der Waals surface area contributed by atoms with Crippen LogP contribution in [0.15, 0.2) is 30.3 Å². The van der Waals surface area contributed by atoms with E-state index in [1.54, 1.807) is 7.11 Å². The number of methoxy groups -OCH3 is 1. The smallest absolute Gasteiger partial charge is 0.0487 e. The summed E-state index contributed by atoms with van der Waals surface area (Å²) in [5.41, 5.74) is 1.53. The number of benzene rings is 1. The molecule has 1 rings (SSSR count). The molecule has 1 N–H and O–H groups in total. The topological polar surface area (TPSA) is 30.5 Å². The first-order valence-corrected chi connectivity index (χ1v) is 7.89. The average Bonchev–Trinajstić information content (AvgIpc) is 2.45. The first-order valence-electron chi connectivity index (χ1n) is 7.89. The Morgan fingerprint density at radius 1 is 1.05 bits per heavy atom. The highest BCUT2D eigenvalue weighted by Crippen LogP contribution is 2.19. The van der Waals surface area contributed by atoms with Gasteiger partial charge in [0.2, 0.25) is 0 Å². The van der Waals surface area contributed by atoms with Gasteiger partial charge < -0.3 is 14.8 Å². The van der Waals surface area contributed by atoms with Gasteiger partial charge in [-0.1, -0.05) is 30.3 Å². The zero-order chi connectivity index (χ0) is 15.6. The molecule has 0 fully saturated rings. The molecule has 1 unspecified atom stereocenters. The van der Waals surface area contributed by atoms with Gasteiger partial charge in [-0.25, -0.2) is 0 Å². The maximum absolute atomic E-state index is 5.71. The molecule has 0 heterocycles. The lowest BCUT2D eigenvalue weighted by molar-refractivity contribution is 0.0977. The van der Waals surface area contributed by atoms with Crippen LogP contribution in [0.4, 0.5) is 0 Å². The summed E-state index contributed by atoms with van der Waals surface area (Å²) in [5, 5.41) is 3.61. The van der Waals surface area contributed by atoms with Gasteiger partial charge in [0.05, 0.1) is 0 Å². The van der Waals surface area contributed by atoms with E-state index in [0.29, 0.717) is 5.92 Å². The molecule has 120 valence electrons. The molecule has 0 bridgehead atoms. The van der Waals surface area contributed by atoms with Crippen molar-refractivity contribution < 1.29 is 9.47 Å². The summed E-state index contributed by atoms with van der Waals surface area (Å²) >= 11 is 0. The van der Waals surface area contributed by atoms with E-state index in [-0.39, 0.29) is 5.54 Å². The number of hydrogen-bond donors (Lipinski definition) is 1. The molecule has 0 amide bonds. The quantitative estimate of drug-likeness (QED) is 0.669. The Morgan fingerprint density at radius 3 is 2.38 bits per heavy atom. The molecule has 0 aliphatic rings. The monoisotopic (exact) mass is 293 g/mol. The lowest BCUT2D eigenvalue weighted by atomic mass is 9.95. The summed E-state index contributed by atoms with van der Waals surface area (Å²) in [7, 11) is 1.73. The van der Waals surface area contributed by atoms with Crippen LogP contribution < -0.4 is 5.32 Å². The third kappa shape index (κ3) is 8.86. The molecular formula is C18H31NO2. The molecule has 0 spiro atoms. The van der Waals surface area contributed by atoms with E-state index < -0.39 is 0 Å². The van der Waals surface area contributed by atoms with Gasteiger partial charge in [0.25, 0.3) is 0 Å². The van der Waals surface area contributed by atoms with Crippen molar-refractivity contribution in [1.82, 2.24) is 5.32 Å². The van der Waals surface area contributed by atoms with Gasteiger partial charge in [-0.3, -0.25) is 0 Å². The molecule has 0 radical (unpaired) electrons. The molecule has 0 saturated heterocycles. The fraction of sp³-hybridized carbons (Fsp3) is 0.667. The van der Waals surface area contributed by atoms with Gasteiger partial charge in [-0.2, -0.15) is 0 Å². The van der Waals surface area contributed by atoms with E-state index in [0.717, 1.165) is 39.2 Å². The van der Waals surface area contributed by atoms with Crippen LogP contribution in [-0.2, 0) is 9.47 Å². The predicted molar refractivity (Wildman–Crippen MR) is 88.9 cm³/mol. The zero-order valence-electron chi connectivity index (χ0n) is 14.0. The Balaban J connectivity index is 2.41. The van der Waals surface area contributed by atoms with Crippen molar-refractivity contribution in [2.45, 2.75) is 45.1 Å². The van der Waals surface area contributed by atoms with E-state index in [1.807, 2.05) is 0 Å². The number of hydrogen-bond acceptors (Lipinski definition) is 3. The largest absolute Gasteiger partial charge is 0.385 e. The van der Waals surface area contributed by atoms with E-state index in [2.05, 4.69) is 56.4 Å². The predicted octanol–water partition coefficient (Wildman–Crippen LogP) is 3.60. The number of rotatable bonds is 10. The van der Waals surface area contributed by atoms with E-state index in [1.165, 1.54) is 5.56 Å². The van der Waals surface area contributed by atoms with E-state index in [9.17, 15) is 0 Å². The molecule has 21 heavy (non-hydrogen) atoms. The summed E-state index contributed by atoms with van der Waals surface area (Å²) in [4.78, 5) is 0. The van der Waals surface area contributed by atoms with E-state index >= 15 is 0 Å². The van der Waals surface area contributed by atoms with Crippen LogP contribution in [0.2, 0.25) is 0 Å². The Morgan fingerprint density at radius 2 is 1.76 bits per heavy atom. The van der Waals surface area contributed by atoms with Crippen molar-refractivity contribution in [1.29, 1.82) is 0 Å². The maximum Gasteiger partial charge on any atom is 0.0487 e. The van der Waals surface area contributed by atoms with Gasteiger partial charge in [-0.15, -0.1) is 0 Å². The Kier molecular flexibility index (Phi) is 8.58. The molecule has 0 saturated carbocycles. The molecule has 0 aromatic heterocycles. The van der Waals surface area contributed by atoms with Crippen molar-refractivity contribution in [3.63, 3.8) is 0 Å². The second-order valence-corrected chi connectivity index (χ2v) is 6.49. The van der Waals surface area contributed by atoms with Crippen LogP contribution in [0.3, 0.4) is 0 Å². The highest BCUT2D eigenvalue weighted by Gasteiger charge is 2.15. The lowest BCUT2D eigenvalue weighted by Crippen LogP contribution is -2.38. The van der Waals surface area contributed by atoms with Crippen LogP contribution in [0, 0.1) is 0 Å². The number of ether oxygens (including phenoxy) is 2. The first kappa shape index (κ1) is 18.1. The van der Waals surface area contributed by atoms with Gasteiger partial charge in [0.1, 0.15) is 0 Å². The molecule has 3 heteroatoms. The van der Waals surface area contributed by atoms with Crippen molar-refractivity contribution >= 4 is 0 Å². The van der Waals surface area contributed by atoms with Crippen molar-refractivity contribution in [2.24, 2.45) is 0 Å². The molecule has 3 nitrogen and oxygen atoms in total. The fourth-order valence-electron chi connectivity index (χ4n) is 2.17. The van der Waals surface area contributed by atoms with Crippen molar-refractivity contribution in [2.75, 3.05) is 33.5 Å². The highest BCUT2D eigenvalue weighted by atomic mass is 16.5. The van der Waals surface area contributed by atoms with Crippen LogP contribution in [0.5, 0.6) is 0 Å². The summed E-state index contributed by atoms with van der Waals surface area (Å²) in [6, 6.07) is 10.7. The van der Waals surface area contributed by atoms with Crippen LogP contribution in [0.25, 0.3) is 0 Å². The standard InChI is InChI=1S/C18H31NO2/c1-18(2,3)19-15-17(16-9-6-5-7-10-16)11-14-21-13-8-12-20-4/h5-7,9-10,17,19H,8,11-15H2,1-4H3. The van der Waals surface area contributed by atoms with Gasteiger partial charge in [-0.05, 0) is 45.1 Å². The first-order chi connectivity index (χ1) is 10.0. The molecule has 1 aromatic carbocycles. The Hall–Kier alpha value is -0.900.